The van der Waals surface area contributed by atoms with Gasteiger partial charge in [-0.3, -0.25) is 9.79 Å². The zero-order valence-electron chi connectivity index (χ0n) is 15.7. The van der Waals surface area contributed by atoms with Crippen LogP contribution in [0.1, 0.15) is 42.5 Å². The molecule has 1 aliphatic heterocycles. The maximum atomic E-state index is 12.5. The van der Waals surface area contributed by atoms with Gasteiger partial charge in [-0.15, -0.1) is 11.3 Å². The Balaban J connectivity index is 1.46. The fourth-order valence-electron chi connectivity index (χ4n) is 3.54. The number of nitrogens with one attached hydrogen (secondary N) is 1. The van der Waals surface area contributed by atoms with Crippen LogP contribution in [0.4, 0.5) is 5.69 Å². The molecule has 0 unspecified atom stereocenters. The summed E-state index contributed by atoms with van der Waals surface area (Å²) in [5, 5.41) is 6.51. The SMILES string of the molecule is Cc1ccc(NC(=O)CSC2=NC3(CCCCC3)N=C2c2cccs2)cc1Cl. The number of hydrogen-bond acceptors (Lipinski definition) is 5. The molecule has 4 rings (SSSR count). The molecule has 2 aliphatic rings. The molecule has 0 saturated heterocycles. The molecule has 4 nitrogen and oxygen atoms in total. The predicted octanol–water partition coefficient (Wildman–Crippen LogP) is 5.94. The van der Waals surface area contributed by atoms with Crippen molar-refractivity contribution in [2.45, 2.75) is 44.7 Å². The van der Waals surface area contributed by atoms with E-state index < -0.39 is 0 Å². The molecule has 1 saturated carbocycles. The van der Waals surface area contributed by atoms with Gasteiger partial charge < -0.3 is 5.32 Å². The van der Waals surface area contributed by atoms with E-state index >= 15 is 0 Å². The fourth-order valence-corrected chi connectivity index (χ4v) is 5.37. The number of hydrogen-bond donors (Lipinski definition) is 1. The molecule has 1 N–H and O–H groups in total. The van der Waals surface area contributed by atoms with E-state index in [1.165, 1.54) is 18.2 Å². The Morgan fingerprint density at radius 3 is 2.79 bits per heavy atom. The minimum absolute atomic E-state index is 0.0669. The minimum atomic E-state index is -0.305. The van der Waals surface area contributed by atoms with Gasteiger partial charge in [-0.2, -0.15) is 0 Å². The van der Waals surface area contributed by atoms with Gasteiger partial charge in [-0.05, 0) is 61.7 Å². The molecule has 1 aromatic heterocycles. The molecule has 2 aromatic rings. The Bertz CT molecular complexity index is 931. The van der Waals surface area contributed by atoms with Gasteiger partial charge in [0.05, 0.1) is 10.6 Å². The highest BCUT2D eigenvalue weighted by Gasteiger charge is 2.38. The summed E-state index contributed by atoms with van der Waals surface area (Å²) in [5.41, 5.74) is 2.35. The predicted molar refractivity (Wildman–Crippen MR) is 121 cm³/mol. The van der Waals surface area contributed by atoms with Gasteiger partial charge in [0.25, 0.3) is 0 Å². The Hall–Kier alpha value is -1.63. The zero-order valence-corrected chi connectivity index (χ0v) is 18.1. The average molecular weight is 432 g/mol. The topological polar surface area (TPSA) is 53.8 Å². The van der Waals surface area contributed by atoms with E-state index in [9.17, 15) is 4.79 Å². The molecule has 28 heavy (non-hydrogen) atoms. The summed E-state index contributed by atoms with van der Waals surface area (Å²) in [6.45, 7) is 1.94. The van der Waals surface area contributed by atoms with E-state index in [-0.39, 0.29) is 11.6 Å². The lowest BCUT2D eigenvalue weighted by molar-refractivity contribution is -0.113. The van der Waals surface area contributed by atoms with Crippen molar-refractivity contribution in [3.05, 3.63) is 51.2 Å². The van der Waals surface area contributed by atoms with Crippen LogP contribution in [0.3, 0.4) is 0 Å². The first kappa shape index (κ1) is 19.7. The van der Waals surface area contributed by atoms with Crippen molar-refractivity contribution in [3.8, 4) is 0 Å². The van der Waals surface area contributed by atoms with Crippen LogP contribution in [0.5, 0.6) is 0 Å². The smallest absolute Gasteiger partial charge is 0.234 e. The second-order valence-corrected chi connectivity index (χ2v) is 9.52. The van der Waals surface area contributed by atoms with Gasteiger partial charge in [0.1, 0.15) is 10.8 Å². The number of amides is 1. The highest BCUT2D eigenvalue weighted by Crippen LogP contribution is 2.39. The van der Waals surface area contributed by atoms with Crippen LogP contribution >= 0.6 is 34.7 Å². The Labute approximate surface area is 178 Å². The average Bonchev–Trinajstić information content (AvgIpc) is 3.32. The molecular formula is C21H22ClN3OS2. The maximum Gasteiger partial charge on any atom is 0.234 e. The number of thioether (sulfide) groups is 1. The molecular weight excluding hydrogens is 410 g/mol. The molecule has 0 radical (unpaired) electrons. The van der Waals surface area contributed by atoms with Crippen molar-refractivity contribution in [1.82, 2.24) is 0 Å². The van der Waals surface area contributed by atoms with Crippen molar-refractivity contribution in [2.75, 3.05) is 11.1 Å². The van der Waals surface area contributed by atoms with Gasteiger partial charge >= 0.3 is 0 Å². The molecule has 0 bridgehead atoms. The Morgan fingerprint density at radius 2 is 2.07 bits per heavy atom. The zero-order chi connectivity index (χ0) is 19.6. The largest absolute Gasteiger partial charge is 0.325 e. The van der Waals surface area contributed by atoms with Gasteiger partial charge in [0.15, 0.2) is 5.66 Å². The van der Waals surface area contributed by atoms with Crippen LogP contribution in [-0.4, -0.2) is 28.1 Å². The number of aliphatic imine (C=N–C) groups is 2. The quantitative estimate of drug-likeness (QED) is 0.650. The lowest BCUT2D eigenvalue weighted by Crippen LogP contribution is -2.25. The van der Waals surface area contributed by atoms with E-state index in [1.54, 1.807) is 17.4 Å². The number of thiophene rings is 1. The van der Waals surface area contributed by atoms with Gasteiger partial charge in [0.2, 0.25) is 5.91 Å². The normalized spacial score (nSPS) is 18.1. The number of nitrogens with zero attached hydrogens (tertiary/aromatic N) is 2. The number of halogens is 1. The molecule has 2 heterocycles. The summed E-state index contributed by atoms with van der Waals surface area (Å²) in [6, 6.07) is 9.66. The third-order valence-corrected chi connectivity index (χ3v) is 7.28. The van der Waals surface area contributed by atoms with E-state index in [1.807, 2.05) is 25.1 Å². The van der Waals surface area contributed by atoms with Crippen molar-refractivity contribution >= 4 is 57.0 Å². The summed E-state index contributed by atoms with van der Waals surface area (Å²) in [4.78, 5) is 23.6. The van der Waals surface area contributed by atoms with Gasteiger partial charge in [-0.1, -0.05) is 41.9 Å². The second-order valence-electron chi connectivity index (χ2n) is 7.20. The summed E-state index contributed by atoms with van der Waals surface area (Å²) < 4.78 is 0. The van der Waals surface area contributed by atoms with E-state index in [0.717, 1.165) is 46.9 Å². The molecule has 1 amide bonds. The molecule has 0 atom stereocenters. The minimum Gasteiger partial charge on any atom is -0.325 e. The molecule has 1 spiro atoms. The summed E-state index contributed by atoms with van der Waals surface area (Å²) in [5.74, 6) is 0.230. The monoisotopic (exact) mass is 431 g/mol. The summed E-state index contributed by atoms with van der Waals surface area (Å²) in [6.07, 6.45) is 5.58. The van der Waals surface area contributed by atoms with Gasteiger partial charge in [0, 0.05) is 10.7 Å². The van der Waals surface area contributed by atoms with Crippen LogP contribution in [0.25, 0.3) is 0 Å². The van der Waals surface area contributed by atoms with E-state index in [0.29, 0.717) is 16.5 Å². The van der Waals surface area contributed by atoms with Crippen molar-refractivity contribution in [2.24, 2.45) is 9.98 Å². The first-order chi connectivity index (χ1) is 13.5. The first-order valence-corrected chi connectivity index (χ1v) is 11.7. The lowest BCUT2D eigenvalue weighted by atomic mass is 9.90. The molecule has 1 aliphatic carbocycles. The molecule has 7 heteroatoms. The third-order valence-electron chi connectivity index (χ3n) is 5.04. The van der Waals surface area contributed by atoms with Crippen LogP contribution in [0, 0.1) is 6.92 Å². The van der Waals surface area contributed by atoms with Crippen LogP contribution in [-0.2, 0) is 4.79 Å². The highest BCUT2D eigenvalue weighted by atomic mass is 35.5. The first-order valence-electron chi connectivity index (χ1n) is 9.47. The lowest BCUT2D eigenvalue weighted by Gasteiger charge is -2.27. The van der Waals surface area contributed by atoms with Crippen molar-refractivity contribution in [3.63, 3.8) is 0 Å². The van der Waals surface area contributed by atoms with Crippen LogP contribution in [0.2, 0.25) is 5.02 Å². The number of carbonyl (C=O) groups is 1. The van der Waals surface area contributed by atoms with E-state index in [2.05, 4.69) is 16.8 Å². The fraction of sp³-hybridized carbons (Fsp3) is 0.381. The number of rotatable bonds is 4. The maximum absolute atomic E-state index is 12.5. The molecule has 1 aromatic carbocycles. The highest BCUT2D eigenvalue weighted by molar-refractivity contribution is 8.16. The standard InChI is InChI=1S/C21H22ClN3OS2/c1-14-7-8-15(12-16(14)22)23-18(26)13-28-20-19(17-6-5-11-27-17)24-21(25-20)9-3-2-4-10-21/h5-8,11-12H,2-4,9-10,13H2,1H3,(H,23,26). The van der Waals surface area contributed by atoms with Crippen molar-refractivity contribution < 1.29 is 4.79 Å². The van der Waals surface area contributed by atoms with Crippen LogP contribution in [0.15, 0.2) is 45.7 Å². The molecule has 146 valence electrons. The Morgan fingerprint density at radius 1 is 1.25 bits per heavy atom. The number of carbonyl (C=O) groups excluding carboxylic acids is 1. The van der Waals surface area contributed by atoms with E-state index in [4.69, 9.17) is 21.6 Å². The van der Waals surface area contributed by atoms with Crippen molar-refractivity contribution in [1.29, 1.82) is 0 Å². The summed E-state index contributed by atoms with van der Waals surface area (Å²) in [7, 11) is 0. The third kappa shape index (κ3) is 4.34. The second kappa shape index (κ2) is 8.39. The van der Waals surface area contributed by atoms with Gasteiger partial charge in [-0.25, -0.2) is 4.99 Å². The Kier molecular flexibility index (Phi) is 5.90. The number of benzene rings is 1. The molecule has 1 fully saturated rings. The summed E-state index contributed by atoms with van der Waals surface area (Å²) >= 11 is 9.29. The number of aryl methyl sites for hydroxylation is 1. The van der Waals surface area contributed by atoms with Crippen LogP contribution < -0.4 is 5.32 Å². The number of anilines is 1.